The predicted molar refractivity (Wildman–Crippen MR) is 42.3 cm³/mol. The highest BCUT2D eigenvalue weighted by atomic mass is 32.2. The Balaban J connectivity index is 3.95. The van der Waals surface area contributed by atoms with Crippen molar-refractivity contribution in [3.05, 3.63) is 0 Å². The summed E-state index contributed by atoms with van der Waals surface area (Å²) in [5.41, 5.74) is 0. The predicted octanol–water partition coefficient (Wildman–Crippen LogP) is -1.24. The van der Waals surface area contributed by atoms with E-state index in [0.29, 0.717) is 0 Å². The smallest absolute Gasteiger partial charge is 0.279 e. The van der Waals surface area contributed by atoms with E-state index in [2.05, 4.69) is 4.72 Å². The molecule has 0 amide bonds. The molecule has 2 N–H and O–H groups in total. The monoisotopic (exact) mass is 182 g/mol. The molecule has 5 nitrogen and oxygen atoms in total. The van der Waals surface area contributed by atoms with Gasteiger partial charge in [-0.05, 0) is 6.92 Å². The van der Waals surface area contributed by atoms with Crippen molar-refractivity contribution in [3.8, 4) is 0 Å². The maximum absolute atomic E-state index is 10.9. The molecule has 0 aromatic rings. The minimum absolute atomic E-state index is 0.0422. The Morgan fingerprint density at radius 2 is 2.00 bits per heavy atom. The average Bonchev–Trinajstić information content (AvgIpc) is 1.84. The summed E-state index contributed by atoms with van der Waals surface area (Å²) in [6.45, 7) is 1.55. The highest BCUT2D eigenvalue weighted by Crippen LogP contribution is 1.87. The van der Waals surface area contributed by atoms with Gasteiger partial charge in [0.1, 0.15) is 0 Å². The molecule has 0 aromatic heterocycles. The molecule has 1 atom stereocenters. The van der Waals surface area contributed by atoms with Gasteiger partial charge >= 0.3 is 0 Å². The third-order valence-electron chi connectivity index (χ3n) is 1.04. The Kier molecular flexibility index (Phi) is 3.95. The average molecular weight is 182 g/mol. The van der Waals surface area contributed by atoms with Crippen LogP contribution in [0.1, 0.15) is 6.92 Å². The highest BCUT2D eigenvalue weighted by Gasteiger charge is 2.12. The van der Waals surface area contributed by atoms with E-state index in [0.717, 1.165) is 4.31 Å². The van der Waals surface area contributed by atoms with Crippen molar-refractivity contribution < 1.29 is 13.5 Å². The Bertz CT molecular complexity index is 198. The standard InChI is InChI=1S/C5H14N2O3S/c1-5(8)4-6-11(9,10)7(2)3/h5-6,8H,4H2,1-3H3/t5-/m1/s1. The summed E-state index contributed by atoms with van der Waals surface area (Å²) < 4.78 is 25.1. The zero-order valence-corrected chi connectivity index (χ0v) is 7.72. The summed E-state index contributed by atoms with van der Waals surface area (Å²) in [4.78, 5) is 0. The molecule has 6 heteroatoms. The molecule has 0 spiro atoms. The summed E-state index contributed by atoms with van der Waals surface area (Å²) in [6.07, 6.45) is -0.662. The van der Waals surface area contributed by atoms with Gasteiger partial charge in [0.15, 0.2) is 0 Å². The maximum Gasteiger partial charge on any atom is 0.279 e. The fraction of sp³-hybridized carbons (Fsp3) is 1.00. The van der Waals surface area contributed by atoms with Crippen LogP contribution >= 0.6 is 0 Å². The Hall–Kier alpha value is -0.170. The number of nitrogens with zero attached hydrogens (tertiary/aromatic N) is 1. The molecule has 0 aromatic carbocycles. The first-order chi connectivity index (χ1) is 4.86. The minimum Gasteiger partial charge on any atom is -0.392 e. The van der Waals surface area contributed by atoms with Crippen molar-refractivity contribution in [1.82, 2.24) is 9.03 Å². The van der Waals surface area contributed by atoms with Crippen LogP contribution in [0.4, 0.5) is 0 Å². The molecule has 0 unspecified atom stereocenters. The molecule has 0 bridgehead atoms. The third kappa shape index (κ3) is 4.31. The van der Waals surface area contributed by atoms with Gasteiger partial charge in [-0.2, -0.15) is 17.4 Å². The molecule has 0 rings (SSSR count). The van der Waals surface area contributed by atoms with Crippen LogP contribution in [0.2, 0.25) is 0 Å². The molecular weight excluding hydrogens is 168 g/mol. The van der Waals surface area contributed by atoms with E-state index in [1.807, 2.05) is 0 Å². The number of rotatable bonds is 4. The van der Waals surface area contributed by atoms with E-state index < -0.39 is 16.3 Å². The summed E-state index contributed by atoms with van der Waals surface area (Å²) in [7, 11) is -0.528. The van der Waals surface area contributed by atoms with E-state index in [1.165, 1.54) is 21.0 Å². The largest absolute Gasteiger partial charge is 0.392 e. The van der Waals surface area contributed by atoms with Gasteiger partial charge in [-0.1, -0.05) is 0 Å². The van der Waals surface area contributed by atoms with E-state index in [-0.39, 0.29) is 6.54 Å². The third-order valence-corrected chi connectivity index (χ3v) is 2.53. The van der Waals surface area contributed by atoms with E-state index in [1.54, 1.807) is 0 Å². The second-order valence-corrected chi connectivity index (χ2v) is 4.45. The Morgan fingerprint density at radius 1 is 1.55 bits per heavy atom. The zero-order chi connectivity index (χ0) is 9.07. The first-order valence-electron chi connectivity index (χ1n) is 3.21. The number of aliphatic hydroxyl groups is 1. The minimum atomic E-state index is -3.37. The first-order valence-corrected chi connectivity index (χ1v) is 4.65. The van der Waals surface area contributed by atoms with Crippen molar-refractivity contribution in [2.45, 2.75) is 13.0 Å². The van der Waals surface area contributed by atoms with Gasteiger partial charge in [0.25, 0.3) is 10.2 Å². The molecule has 0 radical (unpaired) electrons. The second-order valence-electron chi connectivity index (χ2n) is 2.48. The molecule has 0 aliphatic heterocycles. The van der Waals surface area contributed by atoms with Crippen LogP contribution in [0.15, 0.2) is 0 Å². The summed E-state index contributed by atoms with van der Waals surface area (Å²) in [6, 6.07) is 0. The zero-order valence-electron chi connectivity index (χ0n) is 6.90. The van der Waals surface area contributed by atoms with Crippen LogP contribution in [0.5, 0.6) is 0 Å². The van der Waals surface area contributed by atoms with Crippen molar-refractivity contribution in [2.24, 2.45) is 0 Å². The van der Waals surface area contributed by atoms with Crippen molar-refractivity contribution in [3.63, 3.8) is 0 Å². The van der Waals surface area contributed by atoms with Crippen LogP contribution < -0.4 is 4.72 Å². The molecule has 68 valence electrons. The van der Waals surface area contributed by atoms with Crippen LogP contribution in [-0.4, -0.2) is 44.6 Å². The lowest BCUT2D eigenvalue weighted by molar-refractivity contribution is 0.198. The summed E-state index contributed by atoms with van der Waals surface area (Å²) in [5, 5.41) is 8.75. The van der Waals surface area contributed by atoms with Crippen molar-refractivity contribution in [1.29, 1.82) is 0 Å². The SMILES string of the molecule is C[C@@H](O)CNS(=O)(=O)N(C)C. The summed E-state index contributed by atoms with van der Waals surface area (Å²) >= 11 is 0. The number of hydrogen-bond acceptors (Lipinski definition) is 3. The van der Waals surface area contributed by atoms with Crippen LogP contribution in [-0.2, 0) is 10.2 Å². The lowest BCUT2D eigenvalue weighted by Gasteiger charge is -2.12. The van der Waals surface area contributed by atoms with Crippen LogP contribution in [0, 0.1) is 0 Å². The fourth-order valence-corrected chi connectivity index (χ4v) is 1.07. The summed E-state index contributed by atoms with van der Waals surface area (Å²) in [5.74, 6) is 0. The van der Waals surface area contributed by atoms with Crippen LogP contribution in [0.3, 0.4) is 0 Å². The van der Waals surface area contributed by atoms with Gasteiger partial charge in [0, 0.05) is 20.6 Å². The Morgan fingerprint density at radius 3 is 2.27 bits per heavy atom. The molecule has 0 saturated carbocycles. The molecule has 0 aliphatic rings. The van der Waals surface area contributed by atoms with Gasteiger partial charge in [-0.15, -0.1) is 0 Å². The fourth-order valence-electron chi connectivity index (χ4n) is 0.355. The Labute approximate surface area is 67.2 Å². The van der Waals surface area contributed by atoms with E-state index in [9.17, 15) is 8.42 Å². The molecule has 0 aliphatic carbocycles. The lowest BCUT2D eigenvalue weighted by Crippen LogP contribution is -2.39. The van der Waals surface area contributed by atoms with Gasteiger partial charge < -0.3 is 5.11 Å². The van der Waals surface area contributed by atoms with Crippen molar-refractivity contribution >= 4 is 10.2 Å². The molecule has 0 saturated heterocycles. The number of hydrogen-bond donors (Lipinski definition) is 2. The highest BCUT2D eigenvalue weighted by molar-refractivity contribution is 7.87. The van der Waals surface area contributed by atoms with E-state index in [4.69, 9.17) is 5.11 Å². The quantitative estimate of drug-likeness (QED) is 0.571. The number of nitrogens with one attached hydrogen (secondary N) is 1. The molecular formula is C5H14N2O3S. The van der Waals surface area contributed by atoms with Gasteiger partial charge in [-0.3, -0.25) is 0 Å². The van der Waals surface area contributed by atoms with Crippen LogP contribution in [0.25, 0.3) is 0 Å². The second kappa shape index (κ2) is 4.01. The molecule has 0 fully saturated rings. The van der Waals surface area contributed by atoms with Crippen molar-refractivity contribution in [2.75, 3.05) is 20.6 Å². The maximum atomic E-state index is 10.9. The number of aliphatic hydroxyl groups excluding tert-OH is 1. The topological polar surface area (TPSA) is 69.6 Å². The normalized spacial score (nSPS) is 15.4. The van der Waals surface area contributed by atoms with E-state index >= 15 is 0 Å². The molecule has 11 heavy (non-hydrogen) atoms. The molecule has 0 heterocycles. The van der Waals surface area contributed by atoms with Gasteiger partial charge in [0.2, 0.25) is 0 Å². The first kappa shape index (κ1) is 10.8. The van der Waals surface area contributed by atoms with Gasteiger partial charge in [0.05, 0.1) is 6.10 Å². The van der Waals surface area contributed by atoms with Gasteiger partial charge in [-0.25, -0.2) is 0 Å². The lowest BCUT2D eigenvalue weighted by atomic mass is 10.4.